The lowest BCUT2D eigenvalue weighted by Crippen LogP contribution is -2.29. The first-order valence-electron chi connectivity index (χ1n) is 4.44. The Balaban J connectivity index is 2.18. The van der Waals surface area contributed by atoms with Gasteiger partial charge in [0, 0.05) is 13.1 Å². The molecule has 0 aromatic carbocycles. The molecule has 0 unspecified atom stereocenters. The van der Waals surface area contributed by atoms with Crippen LogP contribution in [0.1, 0.15) is 19.3 Å². The summed E-state index contributed by atoms with van der Waals surface area (Å²) in [5, 5.41) is 4.28. The molecule has 0 amide bonds. The number of aromatic nitrogens is 1. The fourth-order valence-electron chi connectivity index (χ4n) is 1.59. The van der Waals surface area contributed by atoms with Crippen LogP contribution in [0, 0.1) is 0 Å². The highest BCUT2D eigenvalue weighted by Crippen LogP contribution is 2.31. The summed E-state index contributed by atoms with van der Waals surface area (Å²) in [5.41, 5.74) is 5.46. The molecule has 72 valence electrons. The normalized spacial score (nSPS) is 17.8. The van der Waals surface area contributed by atoms with Crippen molar-refractivity contribution in [2.45, 2.75) is 19.3 Å². The summed E-state index contributed by atoms with van der Waals surface area (Å²) in [6.07, 6.45) is 3.65. The Kier molecular flexibility index (Phi) is 2.31. The first-order chi connectivity index (χ1) is 6.29. The molecule has 0 atom stereocenters. The summed E-state index contributed by atoms with van der Waals surface area (Å²) in [5.74, 6) is 0.904. The number of nitrogens with zero attached hydrogens (tertiary/aromatic N) is 2. The Hall–Kier alpha value is -0.900. The summed E-state index contributed by atoms with van der Waals surface area (Å²) in [7, 11) is 0. The highest BCUT2D eigenvalue weighted by atomic mass is 35.5. The van der Waals surface area contributed by atoms with Crippen LogP contribution < -0.4 is 10.6 Å². The van der Waals surface area contributed by atoms with Gasteiger partial charge in [-0.3, -0.25) is 0 Å². The number of rotatable bonds is 1. The minimum absolute atomic E-state index is 0.210. The van der Waals surface area contributed by atoms with Gasteiger partial charge in [-0.25, -0.2) is 0 Å². The van der Waals surface area contributed by atoms with Gasteiger partial charge in [-0.15, -0.1) is 0 Å². The minimum atomic E-state index is 0.210. The van der Waals surface area contributed by atoms with Gasteiger partial charge in [-0.05, 0) is 19.3 Å². The van der Waals surface area contributed by atoms with Crippen LogP contribution in [0.2, 0.25) is 5.02 Å². The van der Waals surface area contributed by atoms with Crippen LogP contribution in [0.4, 0.5) is 11.7 Å². The molecule has 5 heteroatoms. The number of hydrogen-bond acceptors (Lipinski definition) is 4. The molecule has 1 aromatic rings. The van der Waals surface area contributed by atoms with Crippen LogP contribution in [0.15, 0.2) is 4.52 Å². The predicted octanol–water partition coefficient (Wildman–Crippen LogP) is 1.90. The maximum atomic E-state index is 5.92. The van der Waals surface area contributed by atoms with Crippen molar-refractivity contribution in [3.63, 3.8) is 0 Å². The van der Waals surface area contributed by atoms with Gasteiger partial charge in [0.1, 0.15) is 5.02 Å². The van der Waals surface area contributed by atoms with Crippen molar-refractivity contribution < 1.29 is 4.52 Å². The molecule has 1 aliphatic rings. The molecule has 1 saturated heterocycles. The predicted molar refractivity (Wildman–Crippen MR) is 52.0 cm³/mol. The first kappa shape index (κ1) is 8.69. The van der Waals surface area contributed by atoms with E-state index >= 15 is 0 Å². The second-order valence-corrected chi connectivity index (χ2v) is 3.61. The highest BCUT2D eigenvalue weighted by Gasteiger charge is 2.19. The molecule has 2 N–H and O–H groups in total. The summed E-state index contributed by atoms with van der Waals surface area (Å²) in [6.45, 7) is 1.98. The Morgan fingerprint density at radius 2 is 2.00 bits per heavy atom. The van der Waals surface area contributed by atoms with Gasteiger partial charge in [-0.2, -0.15) is 0 Å². The third kappa shape index (κ3) is 1.58. The van der Waals surface area contributed by atoms with Crippen molar-refractivity contribution in [2.24, 2.45) is 0 Å². The number of nitrogens with two attached hydrogens (primary N) is 1. The molecule has 0 saturated carbocycles. The maximum Gasteiger partial charge on any atom is 0.243 e. The van der Waals surface area contributed by atoms with Crippen LogP contribution in [0.5, 0.6) is 0 Å². The second kappa shape index (κ2) is 3.46. The van der Waals surface area contributed by atoms with Crippen LogP contribution in [-0.4, -0.2) is 18.2 Å². The first-order valence-corrected chi connectivity index (χ1v) is 4.82. The maximum absolute atomic E-state index is 5.92. The van der Waals surface area contributed by atoms with Gasteiger partial charge in [0.25, 0.3) is 0 Å². The lowest BCUT2D eigenvalue weighted by Gasteiger charge is -2.25. The third-order valence-electron chi connectivity index (χ3n) is 2.30. The largest absolute Gasteiger partial charge is 0.366 e. The molecule has 0 spiro atoms. The van der Waals surface area contributed by atoms with E-state index in [9.17, 15) is 0 Å². The van der Waals surface area contributed by atoms with Gasteiger partial charge in [0.2, 0.25) is 5.88 Å². The van der Waals surface area contributed by atoms with Gasteiger partial charge in [-0.1, -0.05) is 16.8 Å². The Morgan fingerprint density at radius 1 is 1.31 bits per heavy atom. The molecule has 1 aliphatic heterocycles. The van der Waals surface area contributed by atoms with E-state index < -0.39 is 0 Å². The average molecular weight is 202 g/mol. The van der Waals surface area contributed by atoms with E-state index in [0.717, 1.165) is 13.1 Å². The zero-order valence-electron chi connectivity index (χ0n) is 7.29. The molecular formula is C8H12ClN3O. The average Bonchev–Trinajstić information content (AvgIpc) is 2.49. The number of nitrogen functional groups attached to an aromatic ring is 1. The van der Waals surface area contributed by atoms with Crippen molar-refractivity contribution in [3.8, 4) is 0 Å². The Bertz CT molecular complexity index is 294. The number of hydrogen-bond donors (Lipinski definition) is 1. The second-order valence-electron chi connectivity index (χ2n) is 3.23. The molecule has 0 aliphatic carbocycles. The zero-order valence-corrected chi connectivity index (χ0v) is 8.05. The third-order valence-corrected chi connectivity index (χ3v) is 2.65. The van der Waals surface area contributed by atoms with Gasteiger partial charge >= 0.3 is 0 Å². The Morgan fingerprint density at radius 3 is 2.54 bits per heavy atom. The van der Waals surface area contributed by atoms with Crippen molar-refractivity contribution in [1.29, 1.82) is 0 Å². The van der Waals surface area contributed by atoms with Gasteiger partial charge in [0.05, 0.1) is 0 Å². The minimum Gasteiger partial charge on any atom is -0.366 e. The molecule has 4 nitrogen and oxygen atoms in total. The van der Waals surface area contributed by atoms with Crippen LogP contribution >= 0.6 is 11.6 Å². The number of halogens is 1. The molecule has 2 rings (SSSR count). The van der Waals surface area contributed by atoms with Crippen molar-refractivity contribution in [3.05, 3.63) is 5.02 Å². The quantitative estimate of drug-likeness (QED) is 0.754. The monoisotopic (exact) mass is 201 g/mol. The number of anilines is 2. The van der Waals surface area contributed by atoms with Crippen LogP contribution in [-0.2, 0) is 0 Å². The Labute approximate surface area is 81.6 Å². The summed E-state index contributed by atoms with van der Waals surface area (Å²) >= 11 is 5.92. The summed E-state index contributed by atoms with van der Waals surface area (Å²) in [6, 6.07) is 0. The van der Waals surface area contributed by atoms with Crippen molar-refractivity contribution >= 4 is 23.3 Å². The van der Waals surface area contributed by atoms with E-state index in [1.54, 1.807) is 0 Å². The lowest BCUT2D eigenvalue weighted by molar-refractivity contribution is 0.432. The fourth-order valence-corrected chi connectivity index (χ4v) is 1.77. The van der Waals surface area contributed by atoms with Gasteiger partial charge in [0.15, 0.2) is 5.82 Å². The molecule has 1 aromatic heterocycles. The van der Waals surface area contributed by atoms with E-state index in [2.05, 4.69) is 10.1 Å². The topological polar surface area (TPSA) is 55.3 Å². The highest BCUT2D eigenvalue weighted by molar-refractivity contribution is 6.35. The summed E-state index contributed by atoms with van der Waals surface area (Å²) in [4.78, 5) is 2.12. The number of piperidine rings is 1. The fraction of sp³-hybridized carbons (Fsp3) is 0.625. The smallest absolute Gasteiger partial charge is 0.243 e. The van der Waals surface area contributed by atoms with Crippen molar-refractivity contribution in [2.75, 3.05) is 23.7 Å². The van der Waals surface area contributed by atoms with Crippen molar-refractivity contribution in [1.82, 2.24) is 5.16 Å². The zero-order chi connectivity index (χ0) is 9.26. The molecule has 0 bridgehead atoms. The van der Waals surface area contributed by atoms with Gasteiger partial charge < -0.3 is 15.2 Å². The van der Waals surface area contributed by atoms with E-state index in [0.29, 0.717) is 10.8 Å². The van der Waals surface area contributed by atoms with E-state index in [4.69, 9.17) is 21.9 Å². The molecule has 1 fully saturated rings. The molecular weight excluding hydrogens is 190 g/mol. The van der Waals surface area contributed by atoms with E-state index in [1.165, 1.54) is 19.3 Å². The molecule has 13 heavy (non-hydrogen) atoms. The van der Waals surface area contributed by atoms with Crippen LogP contribution in [0.25, 0.3) is 0 Å². The SMILES string of the molecule is Nc1onc(N2CCCCC2)c1Cl. The summed E-state index contributed by atoms with van der Waals surface area (Å²) < 4.78 is 4.80. The standard InChI is InChI=1S/C8H12ClN3O/c9-6-7(10)13-11-8(6)12-4-2-1-3-5-12/h1-5,10H2. The van der Waals surface area contributed by atoms with E-state index in [1.807, 2.05) is 0 Å². The molecule has 2 heterocycles. The van der Waals surface area contributed by atoms with E-state index in [-0.39, 0.29) is 5.88 Å². The molecule has 0 radical (unpaired) electrons. The lowest BCUT2D eigenvalue weighted by atomic mass is 10.1. The van der Waals surface area contributed by atoms with Crippen LogP contribution in [0.3, 0.4) is 0 Å².